The normalized spacial score (nSPS) is 11.1. The zero-order valence-electron chi connectivity index (χ0n) is 13.6. The van der Waals surface area contributed by atoms with Crippen molar-refractivity contribution in [1.29, 1.82) is 5.26 Å². The molecule has 8 heteroatoms. The highest BCUT2D eigenvalue weighted by molar-refractivity contribution is 5.95. The molecule has 0 unspecified atom stereocenters. The Morgan fingerprint density at radius 3 is 2.72 bits per heavy atom. The van der Waals surface area contributed by atoms with Crippen LogP contribution in [0, 0.1) is 21.4 Å². The second-order valence-electron chi connectivity index (χ2n) is 5.03. The van der Waals surface area contributed by atoms with Crippen LogP contribution < -0.4 is 14.8 Å². The average molecular weight is 341 g/mol. The van der Waals surface area contributed by atoms with Gasteiger partial charge >= 0.3 is 0 Å². The van der Waals surface area contributed by atoms with Crippen LogP contribution in [-0.2, 0) is 4.79 Å². The molecule has 0 fully saturated rings. The van der Waals surface area contributed by atoms with Gasteiger partial charge in [-0.05, 0) is 31.2 Å². The molecule has 128 valence electrons. The van der Waals surface area contributed by atoms with Crippen molar-refractivity contribution in [3.8, 4) is 17.6 Å². The van der Waals surface area contributed by atoms with Crippen LogP contribution in [0.1, 0.15) is 12.5 Å². The monoisotopic (exact) mass is 341 g/mol. The lowest BCUT2D eigenvalue weighted by atomic mass is 10.2. The van der Waals surface area contributed by atoms with Crippen molar-refractivity contribution in [2.45, 2.75) is 13.0 Å². The average Bonchev–Trinajstić information content (AvgIpc) is 2.61. The molecule has 0 saturated carbocycles. The van der Waals surface area contributed by atoms with Crippen LogP contribution in [0.15, 0.2) is 42.5 Å². The van der Waals surface area contributed by atoms with Gasteiger partial charge in [-0.3, -0.25) is 14.9 Å². The fourth-order valence-electron chi connectivity index (χ4n) is 2.04. The zero-order valence-corrected chi connectivity index (χ0v) is 13.6. The summed E-state index contributed by atoms with van der Waals surface area (Å²) in [4.78, 5) is 22.6. The summed E-state index contributed by atoms with van der Waals surface area (Å²) >= 11 is 0. The van der Waals surface area contributed by atoms with Crippen LogP contribution in [0.2, 0.25) is 0 Å². The van der Waals surface area contributed by atoms with Gasteiger partial charge in [-0.25, -0.2) is 0 Å². The fourth-order valence-corrected chi connectivity index (χ4v) is 2.04. The topological polar surface area (TPSA) is 114 Å². The molecule has 25 heavy (non-hydrogen) atoms. The number of nitro groups is 1. The number of hydrogen-bond donors (Lipinski definition) is 1. The Bertz CT molecular complexity index is 844. The molecule has 0 radical (unpaired) electrons. The summed E-state index contributed by atoms with van der Waals surface area (Å²) in [5.74, 6) is 0.145. The van der Waals surface area contributed by atoms with E-state index in [9.17, 15) is 14.9 Å². The molecule has 0 aliphatic heterocycles. The van der Waals surface area contributed by atoms with Crippen LogP contribution in [-0.4, -0.2) is 24.0 Å². The van der Waals surface area contributed by atoms with E-state index in [0.717, 1.165) is 0 Å². The van der Waals surface area contributed by atoms with Crippen LogP contribution in [0.25, 0.3) is 0 Å². The van der Waals surface area contributed by atoms with E-state index in [1.165, 1.54) is 38.3 Å². The minimum Gasteiger partial charge on any atom is -0.495 e. The van der Waals surface area contributed by atoms with Crippen molar-refractivity contribution < 1.29 is 19.2 Å². The Hall–Kier alpha value is -3.60. The number of carbonyl (C=O) groups excluding carboxylic acids is 1. The summed E-state index contributed by atoms with van der Waals surface area (Å²) in [7, 11) is 1.39. The SMILES string of the molecule is COc1ccc([N+](=O)[O-])cc1NC(=O)[C@@H](C)Oc1cccc(C#N)c1. The van der Waals surface area contributed by atoms with Crippen molar-refractivity contribution in [3.05, 3.63) is 58.1 Å². The molecule has 0 spiro atoms. The van der Waals surface area contributed by atoms with Gasteiger partial charge in [0.05, 0.1) is 29.4 Å². The minimum absolute atomic E-state index is 0.169. The van der Waals surface area contributed by atoms with E-state index in [1.54, 1.807) is 18.2 Å². The summed E-state index contributed by atoms with van der Waals surface area (Å²) in [6.07, 6.45) is -0.891. The number of amides is 1. The first-order valence-electron chi connectivity index (χ1n) is 7.24. The third kappa shape index (κ3) is 4.45. The maximum absolute atomic E-state index is 12.3. The smallest absolute Gasteiger partial charge is 0.271 e. The van der Waals surface area contributed by atoms with Gasteiger partial charge in [-0.2, -0.15) is 5.26 Å². The minimum atomic E-state index is -0.891. The quantitative estimate of drug-likeness (QED) is 0.638. The van der Waals surface area contributed by atoms with Crippen LogP contribution in [0.4, 0.5) is 11.4 Å². The molecule has 0 aliphatic rings. The van der Waals surface area contributed by atoms with Gasteiger partial charge in [-0.15, -0.1) is 0 Å². The van der Waals surface area contributed by atoms with Gasteiger partial charge in [0.25, 0.3) is 11.6 Å². The lowest BCUT2D eigenvalue weighted by Crippen LogP contribution is -2.30. The fraction of sp³-hybridized carbons (Fsp3) is 0.176. The van der Waals surface area contributed by atoms with Gasteiger partial charge < -0.3 is 14.8 Å². The predicted octanol–water partition coefficient (Wildman–Crippen LogP) is 2.88. The molecular weight excluding hydrogens is 326 g/mol. The van der Waals surface area contributed by atoms with Crippen LogP contribution in [0.3, 0.4) is 0 Å². The van der Waals surface area contributed by atoms with E-state index in [1.807, 2.05) is 6.07 Å². The molecule has 1 amide bonds. The Morgan fingerprint density at radius 1 is 1.32 bits per heavy atom. The van der Waals surface area contributed by atoms with E-state index >= 15 is 0 Å². The Labute approximate surface area is 143 Å². The summed E-state index contributed by atoms with van der Waals surface area (Å²) in [5, 5.41) is 22.3. The Morgan fingerprint density at radius 2 is 2.08 bits per heavy atom. The van der Waals surface area contributed by atoms with Crippen LogP contribution in [0.5, 0.6) is 11.5 Å². The first-order chi connectivity index (χ1) is 11.9. The van der Waals surface area contributed by atoms with E-state index in [-0.39, 0.29) is 17.1 Å². The largest absolute Gasteiger partial charge is 0.495 e. The first-order valence-corrected chi connectivity index (χ1v) is 7.24. The van der Waals surface area contributed by atoms with E-state index in [0.29, 0.717) is 11.3 Å². The van der Waals surface area contributed by atoms with Gasteiger partial charge in [0.15, 0.2) is 6.10 Å². The number of rotatable bonds is 6. The first kappa shape index (κ1) is 17.7. The van der Waals surface area contributed by atoms with Crippen molar-refractivity contribution in [3.63, 3.8) is 0 Å². The highest BCUT2D eigenvalue weighted by Gasteiger charge is 2.19. The highest BCUT2D eigenvalue weighted by atomic mass is 16.6. The zero-order chi connectivity index (χ0) is 18.4. The molecule has 1 N–H and O–H groups in total. The van der Waals surface area contributed by atoms with Gasteiger partial charge in [0.2, 0.25) is 0 Å². The van der Waals surface area contributed by atoms with Gasteiger partial charge in [-0.1, -0.05) is 6.07 Å². The third-order valence-corrected chi connectivity index (χ3v) is 3.30. The number of methoxy groups -OCH3 is 1. The number of ether oxygens (including phenoxy) is 2. The van der Waals surface area contributed by atoms with E-state index in [4.69, 9.17) is 14.7 Å². The number of anilines is 1. The molecule has 0 heterocycles. The maximum Gasteiger partial charge on any atom is 0.271 e. The second-order valence-corrected chi connectivity index (χ2v) is 5.03. The number of carbonyl (C=O) groups is 1. The number of nitro benzene ring substituents is 1. The van der Waals surface area contributed by atoms with Gasteiger partial charge in [0.1, 0.15) is 11.5 Å². The Balaban J connectivity index is 2.14. The molecule has 0 aromatic heterocycles. The number of nitrogens with one attached hydrogen (secondary N) is 1. The molecule has 0 saturated heterocycles. The molecule has 8 nitrogen and oxygen atoms in total. The highest BCUT2D eigenvalue weighted by Crippen LogP contribution is 2.29. The van der Waals surface area contributed by atoms with Crippen molar-refractivity contribution in [2.24, 2.45) is 0 Å². The van der Waals surface area contributed by atoms with E-state index in [2.05, 4.69) is 5.32 Å². The molecule has 1 atom stereocenters. The standard InChI is InChI=1S/C17H15N3O5/c1-11(25-14-5-3-4-12(8-14)10-18)17(21)19-15-9-13(20(22)23)6-7-16(15)24-2/h3-9,11H,1-2H3,(H,19,21)/t11-/m1/s1. The summed E-state index contributed by atoms with van der Waals surface area (Å²) in [6, 6.07) is 12.3. The molecule has 0 aliphatic carbocycles. The molecule has 0 bridgehead atoms. The van der Waals surface area contributed by atoms with E-state index < -0.39 is 16.9 Å². The van der Waals surface area contributed by atoms with Crippen molar-refractivity contribution >= 4 is 17.3 Å². The van der Waals surface area contributed by atoms with Crippen LogP contribution >= 0.6 is 0 Å². The molecular formula is C17H15N3O5. The second kappa shape index (κ2) is 7.79. The molecule has 2 aromatic rings. The predicted molar refractivity (Wildman–Crippen MR) is 89.5 cm³/mol. The van der Waals surface area contributed by atoms with Crippen molar-refractivity contribution in [2.75, 3.05) is 12.4 Å². The Kier molecular flexibility index (Phi) is 5.53. The number of benzene rings is 2. The number of hydrogen-bond acceptors (Lipinski definition) is 6. The lowest BCUT2D eigenvalue weighted by molar-refractivity contribution is -0.384. The number of nitrogens with zero attached hydrogens (tertiary/aromatic N) is 2. The molecule has 2 aromatic carbocycles. The summed E-state index contributed by atoms with van der Waals surface area (Å²) in [6.45, 7) is 1.53. The number of nitriles is 1. The molecule has 2 rings (SSSR count). The third-order valence-electron chi connectivity index (χ3n) is 3.30. The summed E-state index contributed by atoms with van der Waals surface area (Å²) < 4.78 is 10.6. The number of non-ortho nitro benzene ring substituents is 1. The summed E-state index contributed by atoms with van der Waals surface area (Å²) in [5.41, 5.74) is 0.403. The maximum atomic E-state index is 12.3. The lowest BCUT2D eigenvalue weighted by Gasteiger charge is -2.16. The van der Waals surface area contributed by atoms with Crippen molar-refractivity contribution in [1.82, 2.24) is 0 Å². The van der Waals surface area contributed by atoms with Gasteiger partial charge in [0, 0.05) is 12.1 Å².